The molecule has 0 fully saturated rings. The monoisotopic (exact) mass is 252 g/mol. The van der Waals surface area contributed by atoms with Crippen molar-refractivity contribution in [3.8, 4) is 11.8 Å². The highest BCUT2D eigenvalue weighted by Crippen LogP contribution is 2.17. The van der Waals surface area contributed by atoms with Crippen molar-refractivity contribution in [1.82, 2.24) is 0 Å². The molecular weight excluding hydrogens is 232 g/mol. The van der Waals surface area contributed by atoms with Gasteiger partial charge in [0, 0.05) is 24.0 Å². The minimum Gasteiger partial charge on any atom is -0.478 e. The average molecular weight is 252 g/mol. The van der Waals surface area contributed by atoms with Crippen LogP contribution in [-0.2, 0) is 9.59 Å². The Hall–Kier alpha value is -1.76. The topological polar surface area (TPSA) is 74.6 Å². The highest BCUT2D eigenvalue weighted by Gasteiger charge is 2.17. The lowest BCUT2D eigenvalue weighted by molar-refractivity contribution is -0.136. The Labute approximate surface area is 108 Å². The molecule has 0 atom stereocenters. The Kier molecular flexibility index (Phi) is 8.38. The van der Waals surface area contributed by atoms with Gasteiger partial charge < -0.3 is 10.2 Å². The minimum absolute atomic E-state index is 0.00198. The zero-order valence-corrected chi connectivity index (χ0v) is 11.0. The van der Waals surface area contributed by atoms with Crippen LogP contribution in [0.25, 0.3) is 0 Å². The summed E-state index contributed by atoms with van der Waals surface area (Å²) in [6.45, 7) is 3.62. The van der Waals surface area contributed by atoms with E-state index in [0.29, 0.717) is 12.8 Å². The van der Waals surface area contributed by atoms with Crippen molar-refractivity contribution < 1.29 is 19.8 Å². The fourth-order valence-corrected chi connectivity index (χ4v) is 1.61. The summed E-state index contributed by atoms with van der Waals surface area (Å²) in [6.07, 6.45) is 3.51. The van der Waals surface area contributed by atoms with Crippen molar-refractivity contribution >= 4 is 11.9 Å². The highest BCUT2D eigenvalue weighted by atomic mass is 16.4. The molecule has 0 rings (SSSR count). The van der Waals surface area contributed by atoms with Crippen molar-refractivity contribution in [3.05, 3.63) is 11.1 Å². The van der Waals surface area contributed by atoms with E-state index in [1.54, 1.807) is 6.92 Å². The molecule has 0 unspecified atom stereocenters. The second-order valence-electron chi connectivity index (χ2n) is 3.84. The van der Waals surface area contributed by atoms with E-state index >= 15 is 0 Å². The molecule has 0 saturated carbocycles. The van der Waals surface area contributed by atoms with Crippen LogP contribution in [0.1, 0.15) is 52.4 Å². The quantitative estimate of drug-likeness (QED) is 0.415. The van der Waals surface area contributed by atoms with E-state index in [1.165, 1.54) is 0 Å². The third-order valence-electron chi connectivity index (χ3n) is 2.51. The third-order valence-corrected chi connectivity index (χ3v) is 2.51. The van der Waals surface area contributed by atoms with Gasteiger partial charge in [0.2, 0.25) is 0 Å². The van der Waals surface area contributed by atoms with Gasteiger partial charge in [-0.2, -0.15) is 0 Å². The van der Waals surface area contributed by atoms with E-state index in [9.17, 15) is 9.59 Å². The van der Waals surface area contributed by atoms with Gasteiger partial charge in [-0.3, -0.25) is 0 Å². The van der Waals surface area contributed by atoms with Crippen LogP contribution >= 0.6 is 0 Å². The van der Waals surface area contributed by atoms with Crippen LogP contribution in [0.4, 0.5) is 0 Å². The molecule has 4 nitrogen and oxygen atoms in total. The molecule has 0 amide bonds. The maximum Gasteiger partial charge on any atom is 0.332 e. The van der Waals surface area contributed by atoms with Crippen LogP contribution in [0.15, 0.2) is 11.1 Å². The molecular formula is C14H20O4. The first kappa shape index (κ1) is 16.2. The standard InChI is InChI=1S/C14H20O4/c1-3-5-6-7-8-9-10-12(14(17)18)11(4-2)13(15)16/h3-4,7-10H2,1-2H3,(H,15,16)(H,17,18)/b12-11-. The molecule has 0 heterocycles. The molecule has 0 saturated heterocycles. The molecule has 18 heavy (non-hydrogen) atoms. The number of hydrogen-bond acceptors (Lipinski definition) is 2. The fraction of sp³-hybridized carbons (Fsp3) is 0.571. The molecule has 100 valence electrons. The second kappa shape index (κ2) is 9.29. The number of rotatable bonds is 7. The van der Waals surface area contributed by atoms with E-state index < -0.39 is 11.9 Å². The largest absolute Gasteiger partial charge is 0.478 e. The number of carboxylic acids is 2. The Morgan fingerprint density at radius 1 is 0.944 bits per heavy atom. The molecule has 0 spiro atoms. The zero-order valence-electron chi connectivity index (χ0n) is 11.0. The van der Waals surface area contributed by atoms with Crippen LogP contribution in [-0.4, -0.2) is 22.2 Å². The number of carbonyl (C=O) groups is 2. The van der Waals surface area contributed by atoms with E-state index in [1.807, 2.05) is 6.92 Å². The Morgan fingerprint density at radius 2 is 1.56 bits per heavy atom. The predicted octanol–water partition coefficient (Wildman–Crippen LogP) is 2.84. The third kappa shape index (κ3) is 6.09. The Morgan fingerprint density at radius 3 is 2.00 bits per heavy atom. The Bertz CT molecular complexity index is 382. The van der Waals surface area contributed by atoms with Crippen molar-refractivity contribution in [2.75, 3.05) is 0 Å². The molecule has 0 aliphatic carbocycles. The zero-order chi connectivity index (χ0) is 14.0. The second-order valence-corrected chi connectivity index (χ2v) is 3.84. The van der Waals surface area contributed by atoms with Gasteiger partial charge in [0.1, 0.15) is 0 Å². The number of aliphatic carboxylic acids is 2. The first-order valence-corrected chi connectivity index (χ1v) is 6.18. The SMILES string of the molecule is CCC#CCCCC/C(C(=O)O)=C(\CC)C(=O)O. The summed E-state index contributed by atoms with van der Waals surface area (Å²) >= 11 is 0. The summed E-state index contributed by atoms with van der Waals surface area (Å²) in [5, 5.41) is 17.9. The van der Waals surface area contributed by atoms with Crippen LogP contribution in [0.2, 0.25) is 0 Å². The number of unbranched alkanes of at least 4 members (excludes halogenated alkanes) is 2. The minimum atomic E-state index is -1.14. The van der Waals surface area contributed by atoms with Gasteiger partial charge in [0.25, 0.3) is 0 Å². The Balaban J connectivity index is 4.47. The van der Waals surface area contributed by atoms with Crippen molar-refractivity contribution in [3.63, 3.8) is 0 Å². The van der Waals surface area contributed by atoms with E-state index in [2.05, 4.69) is 11.8 Å². The number of hydrogen-bond donors (Lipinski definition) is 2. The van der Waals surface area contributed by atoms with Gasteiger partial charge in [0.15, 0.2) is 0 Å². The van der Waals surface area contributed by atoms with Gasteiger partial charge >= 0.3 is 11.9 Å². The van der Waals surface area contributed by atoms with Gasteiger partial charge in [-0.05, 0) is 25.7 Å². The molecule has 0 aromatic rings. The first-order valence-electron chi connectivity index (χ1n) is 6.18. The normalized spacial score (nSPS) is 11.2. The van der Waals surface area contributed by atoms with Crippen LogP contribution < -0.4 is 0 Å². The lowest BCUT2D eigenvalue weighted by atomic mass is 10.00. The van der Waals surface area contributed by atoms with Crippen molar-refractivity contribution in [2.24, 2.45) is 0 Å². The predicted molar refractivity (Wildman–Crippen MR) is 69.1 cm³/mol. The molecule has 0 aromatic heterocycles. The van der Waals surface area contributed by atoms with Crippen LogP contribution in [0, 0.1) is 11.8 Å². The van der Waals surface area contributed by atoms with E-state index in [4.69, 9.17) is 10.2 Å². The summed E-state index contributed by atoms with van der Waals surface area (Å²) in [6, 6.07) is 0. The molecule has 0 aromatic carbocycles. The lowest BCUT2D eigenvalue weighted by Crippen LogP contribution is -2.11. The van der Waals surface area contributed by atoms with Gasteiger partial charge in [-0.15, -0.1) is 11.8 Å². The highest BCUT2D eigenvalue weighted by molar-refractivity contribution is 5.98. The first-order chi connectivity index (χ1) is 8.54. The van der Waals surface area contributed by atoms with Crippen LogP contribution in [0.5, 0.6) is 0 Å². The van der Waals surface area contributed by atoms with Gasteiger partial charge in [-0.1, -0.05) is 13.8 Å². The van der Waals surface area contributed by atoms with Crippen LogP contribution in [0.3, 0.4) is 0 Å². The maximum absolute atomic E-state index is 11.0. The summed E-state index contributed by atoms with van der Waals surface area (Å²) < 4.78 is 0. The summed E-state index contributed by atoms with van der Waals surface area (Å²) in [4.78, 5) is 21.9. The van der Waals surface area contributed by atoms with Gasteiger partial charge in [0.05, 0.1) is 0 Å². The molecule has 2 N–H and O–H groups in total. The maximum atomic E-state index is 11.0. The average Bonchev–Trinajstić information content (AvgIpc) is 2.31. The molecule has 0 aliphatic heterocycles. The summed E-state index contributed by atoms with van der Waals surface area (Å²) in [5.74, 6) is 3.64. The molecule has 0 aliphatic rings. The van der Waals surface area contributed by atoms with E-state index in [-0.39, 0.29) is 17.6 Å². The number of carboxylic acid groups (broad SMARTS) is 2. The van der Waals surface area contributed by atoms with Crippen molar-refractivity contribution in [1.29, 1.82) is 0 Å². The summed E-state index contributed by atoms with van der Waals surface area (Å²) in [5.41, 5.74) is 0.0237. The molecule has 0 bridgehead atoms. The van der Waals surface area contributed by atoms with Gasteiger partial charge in [-0.25, -0.2) is 9.59 Å². The van der Waals surface area contributed by atoms with E-state index in [0.717, 1.165) is 19.3 Å². The molecule has 4 heteroatoms. The lowest BCUT2D eigenvalue weighted by Gasteiger charge is -2.06. The fourth-order valence-electron chi connectivity index (χ4n) is 1.61. The smallest absolute Gasteiger partial charge is 0.332 e. The molecule has 0 radical (unpaired) electrons. The summed E-state index contributed by atoms with van der Waals surface area (Å²) in [7, 11) is 0. The van der Waals surface area contributed by atoms with Crippen molar-refractivity contribution in [2.45, 2.75) is 52.4 Å².